The lowest BCUT2D eigenvalue weighted by molar-refractivity contribution is -0.144. The molecule has 5 aromatic carbocycles. The Hall–Kier alpha value is -7.02. The third-order valence-electron chi connectivity index (χ3n) is 11.3. The summed E-state index contributed by atoms with van der Waals surface area (Å²) in [4.78, 5) is 54.1. The highest BCUT2D eigenvalue weighted by atomic mass is 19.4. The van der Waals surface area contributed by atoms with Gasteiger partial charge in [-0.2, -0.15) is 52.7 Å². The van der Waals surface area contributed by atoms with Crippen LogP contribution in [0.5, 0.6) is 0 Å². The molecular formula is C40H8F20N2O4. The summed E-state index contributed by atoms with van der Waals surface area (Å²) in [5.74, 6) is -37.0. The van der Waals surface area contributed by atoms with E-state index in [1.165, 1.54) is 0 Å². The van der Waals surface area contributed by atoms with Crippen molar-refractivity contribution in [3.05, 3.63) is 127 Å². The maximum atomic E-state index is 16.6. The van der Waals surface area contributed by atoms with Crippen LogP contribution < -0.4 is 15.0 Å². The highest BCUT2D eigenvalue weighted by Crippen LogP contribution is 2.57. The van der Waals surface area contributed by atoms with E-state index < -0.39 is 217 Å². The SMILES string of the molecule is O=C1C2=C(F)C(F)=c3c4c(c5c(F)c(F)c6c7c(c(F)c(F)c3c57)C(=O)N(c3cc(C(F)(F)F)cc(C(F)(F)F)c3)C6=O)C(F)=C(F)C(C(=O)N1c1cc(C(F)(F)F)cc(C(F)(F)F)c1)C24. The minimum absolute atomic E-state index is 0.297. The van der Waals surface area contributed by atoms with Gasteiger partial charge in [0.05, 0.1) is 50.3 Å². The molecule has 342 valence electrons. The van der Waals surface area contributed by atoms with E-state index in [0.717, 1.165) is 0 Å². The normalized spacial score (nSPS) is 19.1. The molecule has 6 nitrogen and oxygen atoms in total. The number of hydrogen-bond acceptors (Lipinski definition) is 4. The fourth-order valence-electron chi connectivity index (χ4n) is 8.67. The highest BCUT2D eigenvalue weighted by Gasteiger charge is 2.58. The zero-order valence-corrected chi connectivity index (χ0v) is 30.7. The van der Waals surface area contributed by atoms with Crippen molar-refractivity contribution in [2.75, 3.05) is 9.80 Å². The number of benzene rings is 5. The molecule has 9 rings (SSSR count). The predicted molar refractivity (Wildman–Crippen MR) is 181 cm³/mol. The molecular weight excluding hydrogens is 952 g/mol. The molecule has 2 aliphatic heterocycles. The zero-order chi connectivity index (χ0) is 48.7. The van der Waals surface area contributed by atoms with E-state index in [1.54, 1.807) is 0 Å². The van der Waals surface area contributed by atoms with Crippen molar-refractivity contribution >= 4 is 68.2 Å². The summed E-state index contributed by atoms with van der Waals surface area (Å²) in [5.41, 5.74) is -21.9. The van der Waals surface area contributed by atoms with Gasteiger partial charge in [0.1, 0.15) is 11.7 Å². The van der Waals surface area contributed by atoms with E-state index in [9.17, 15) is 71.9 Å². The third kappa shape index (κ3) is 5.70. The lowest BCUT2D eigenvalue weighted by atomic mass is 9.66. The molecule has 4 amide bonds. The second kappa shape index (κ2) is 13.3. The summed E-state index contributed by atoms with van der Waals surface area (Å²) in [6, 6.07) is -2.25. The fourth-order valence-corrected chi connectivity index (χ4v) is 8.67. The minimum atomic E-state index is -5.70. The van der Waals surface area contributed by atoms with Gasteiger partial charge in [-0.1, -0.05) is 0 Å². The minimum Gasteiger partial charge on any atom is -0.273 e. The number of carbonyl (C=O) groups excluding carboxylic acids is 4. The van der Waals surface area contributed by atoms with Crippen molar-refractivity contribution in [2.45, 2.75) is 30.6 Å². The van der Waals surface area contributed by atoms with Crippen LogP contribution in [0.3, 0.4) is 0 Å². The maximum Gasteiger partial charge on any atom is 0.416 e. The summed E-state index contributed by atoms with van der Waals surface area (Å²) >= 11 is 0. The number of carbonyl (C=O) groups is 4. The number of alkyl halides is 12. The van der Waals surface area contributed by atoms with Crippen LogP contribution in [0.25, 0.3) is 33.2 Å². The first kappa shape index (κ1) is 44.2. The van der Waals surface area contributed by atoms with Gasteiger partial charge in [0.2, 0.25) is 5.91 Å². The molecule has 1 saturated heterocycles. The molecule has 0 saturated carbocycles. The van der Waals surface area contributed by atoms with Gasteiger partial charge >= 0.3 is 24.7 Å². The summed E-state index contributed by atoms with van der Waals surface area (Å²) in [7, 11) is 0. The lowest BCUT2D eigenvalue weighted by Crippen LogP contribution is -2.53. The van der Waals surface area contributed by atoms with Gasteiger partial charge in [0.15, 0.2) is 40.7 Å². The number of rotatable bonds is 2. The van der Waals surface area contributed by atoms with Crippen molar-refractivity contribution in [3.8, 4) is 0 Å². The summed E-state index contributed by atoms with van der Waals surface area (Å²) in [5, 5.41) is -9.10. The summed E-state index contributed by atoms with van der Waals surface area (Å²) in [6.45, 7) is 0. The Morgan fingerprint density at radius 1 is 0.394 bits per heavy atom. The predicted octanol–water partition coefficient (Wildman–Crippen LogP) is 11.4. The smallest absolute Gasteiger partial charge is 0.273 e. The number of hydrogen-bond donors (Lipinski definition) is 0. The summed E-state index contributed by atoms with van der Waals surface area (Å²) < 4.78 is 297. The van der Waals surface area contributed by atoms with Gasteiger partial charge in [0, 0.05) is 38.2 Å². The van der Waals surface area contributed by atoms with Gasteiger partial charge in [-0.25, -0.2) is 44.9 Å². The Balaban J connectivity index is 1.38. The molecule has 0 aromatic heterocycles. The second-order valence-electron chi connectivity index (χ2n) is 14.8. The van der Waals surface area contributed by atoms with Crippen molar-refractivity contribution in [1.82, 2.24) is 0 Å². The standard InChI is InChI=1S/C40H8F20N2O4/c41-25-17-13-15-21(29(25)45)33(63)61(11-3-7(37(49,50)51)1-8(4-11)38(52,53)54)34(64)22(15)30(46)26(42)18(13)20-14-16-23(31(47)27(43)19(14)17)35(65)62(36(66)24(16)32(48)28(20)44)12-5-9(39(55,56)57)2-10(6-12)40(58,59)60/h1-6,15,21H. The van der Waals surface area contributed by atoms with Gasteiger partial charge in [-0.05, 0) is 42.0 Å². The van der Waals surface area contributed by atoms with Gasteiger partial charge in [-0.3, -0.25) is 19.2 Å². The van der Waals surface area contributed by atoms with Crippen LogP contribution in [0.1, 0.15) is 60.0 Å². The van der Waals surface area contributed by atoms with Crippen LogP contribution >= 0.6 is 0 Å². The van der Waals surface area contributed by atoms with Crippen molar-refractivity contribution in [1.29, 1.82) is 0 Å². The van der Waals surface area contributed by atoms with Gasteiger partial charge < -0.3 is 0 Å². The molecule has 2 aliphatic carbocycles. The molecule has 0 radical (unpaired) electrons. The van der Waals surface area contributed by atoms with Crippen LogP contribution in [0.4, 0.5) is 99.2 Å². The molecule has 2 heterocycles. The molecule has 1 fully saturated rings. The molecule has 26 heteroatoms. The van der Waals surface area contributed by atoms with Crippen molar-refractivity contribution < 1.29 is 107 Å². The molecule has 2 unspecified atom stereocenters. The Morgan fingerprint density at radius 2 is 0.803 bits per heavy atom. The molecule has 0 spiro atoms. The number of imide groups is 2. The Kier molecular flexibility index (Phi) is 8.90. The Labute approximate surface area is 348 Å². The van der Waals surface area contributed by atoms with Crippen LogP contribution in [-0.2, 0) is 34.3 Å². The number of allylic oxidation sites excluding steroid dienone is 1. The number of anilines is 2. The van der Waals surface area contributed by atoms with Crippen molar-refractivity contribution in [2.24, 2.45) is 5.92 Å². The first-order valence-electron chi connectivity index (χ1n) is 17.6. The molecule has 0 N–H and O–H groups in total. The van der Waals surface area contributed by atoms with Crippen LogP contribution in [0.15, 0.2) is 53.6 Å². The van der Waals surface area contributed by atoms with E-state index in [1.807, 2.05) is 0 Å². The second-order valence-corrected chi connectivity index (χ2v) is 14.8. The number of amides is 4. The number of nitrogens with zero attached hydrogens (tertiary/aromatic N) is 2. The van der Waals surface area contributed by atoms with Crippen LogP contribution in [0.2, 0.25) is 0 Å². The van der Waals surface area contributed by atoms with Crippen molar-refractivity contribution in [3.63, 3.8) is 0 Å². The average molecular weight is 960 g/mol. The maximum absolute atomic E-state index is 16.6. The van der Waals surface area contributed by atoms with Crippen LogP contribution in [0, 0.1) is 29.2 Å². The third-order valence-corrected chi connectivity index (χ3v) is 11.3. The lowest BCUT2D eigenvalue weighted by Gasteiger charge is -2.42. The monoisotopic (exact) mass is 960 g/mol. The van der Waals surface area contributed by atoms with E-state index in [-0.39, 0.29) is 24.3 Å². The van der Waals surface area contributed by atoms with Gasteiger partial charge in [0.25, 0.3) is 17.7 Å². The summed E-state index contributed by atoms with van der Waals surface area (Å²) in [6.07, 6.45) is -22.8. The topological polar surface area (TPSA) is 74.8 Å². The average Bonchev–Trinajstić information content (AvgIpc) is 3.20. The highest BCUT2D eigenvalue weighted by molar-refractivity contribution is 6.39. The van der Waals surface area contributed by atoms with E-state index in [2.05, 4.69) is 0 Å². The number of piperidine rings is 1. The Morgan fingerprint density at radius 3 is 1.23 bits per heavy atom. The van der Waals surface area contributed by atoms with E-state index >= 15 is 35.1 Å². The first-order valence-corrected chi connectivity index (χ1v) is 17.6. The zero-order valence-electron chi connectivity index (χ0n) is 30.7. The Bertz CT molecular complexity index is 3250. The molecule has 2 atom stereocenters. The quantitative estimate of drug-likeness (QED) is 0.130. The first-order chi connectivity index (χ1) is 30.3. The molecule has 0 bridgehead atoms. The molecule has 5 aromatic rings. The number of fused-ring (bicyclic) bond motifs is 2. The van der Waals surface area contributed by atoms with Gasteiger partial charge in [-0.15, -0.1) is 0 Å². The van der Waals surface area contributed by atoms with E-state index in [0.29, 0.717) is 0 Å². The largest absolute Gasteiger partial charge is 0.416 e. The van der Waals surface area contributed by atoms with E-state index in [4.69, 9.17) is 0 Å². The molecule has 4 aliphatic rings. The number of halogens is 20. The molecule has 66 heavy (non-hydrogen) atoms. The van der Waals surface area contributed by atoms with Crippen LogP contribution in [-0.4, -0.2) is 23.6 Å². The fraction of sp³-hybridized carbons (Fsp3) is 0.150.